The third-order valence-electron chi connectivity index (χ3n) is 5.31. The van der Waals surface area contributed by atoms with E-state index in [4.69, 9.17) is 5.11 Å². The van der Waals surface area contributed by atoms with E-state index in [1.165, 1.54) is 11.6 Å². The lowest BCUT2D eigenvalue weighted by Crippen LogP contribution is -2.35. The van der Waals surface area contributed by atoms with Crippen LogP contribution < -0.4 is 10.9 Å². The zero-order valence-electron chi connectivity index (χ0n) is 17.2. The smallest absolute Gasteiger partial charge is 0.322 e. The second-order valence-corrected chi connectivity index (χ2v) is 7.28. The van der Waals surface area contributed by atoms with E-state index in [1.807, 2.05) is 66.7 Å². The molecule has 7 nitrogen and oxygen atoms in total. The summed E-state index contributed by atoms with van der Waals surface area (Å²) in [5.74, 6) is -2.69. The van der Waals surface area contributed by atoms with Gasteiger partial charge in [0.05, 0.1) is 5.52 Å². The zero-order valence-corrected chi connectivity index (χ0v) is 17.2. The molecule has 0 spiro atoms. The van der Waals surface area contributed by atoms with Gasteiger partial charge in [-0.3, -0.25) is 14.4 Å². The predicted molar refractivity (Wildman–Crippen MR) is 122 cm³/mol. The Labute approximate surface area is 183 Å². The lowest BCUT2D eigenvalue weighted by Gasteiger charge is -2.18. The number of carbonyl (C=O) groups is 2. The lowest BCUT2D eigenvalue weighted by molar-refractivity contribution is -0.135. The Morgan fingerprint density at radius 1 is 0.906 bits per heavy atom. The number of fused-ring (bicyclic) bond motifs is 1. The molecule has 0 fully saturated rings. The Morgan fingerprint density at radius 2 is 1.50 bits per heavy atom. The minimum atomic E-state index is -1.26. The maximum atomic E-state index is 12.9. The van der Waals surface area contributed by atoms with Crippen LogP contribution in [0.15, 0.2) is 77.6 Å². The van der Waals surface area contributed by atoms with Crippen LogP contribution in [0.2, 0.25) is 0 Å². The van der Waals surface area contributed by atoms with E-state index in [2.05, 4.69) is 5.32 Å². The fourth-order valence-electron chi connectivity index (χ4n) is 3.83. The van der Waals surface area contributed by atoms with Crippen molar-refractivity contribution in [2.24, 2.45) is 7.05 Å². The molecule has 3 N–H and O–H groups in total. The summed E-state index contributed by atoms with van der Waals surface area (Å²) >= 11 is 0. The molecule has 4 aromatic rings. The van der Waals surface area contributed by atoms with Gasteiger partial charge in [-0.1, -0.05) is 66.7 Å². The molecule has 0 unspecified atom stereocenters. The normalized spacial score (nSPS) is 10.8. The minimum Gasteiger partial charge on any atom is -0.506 e. The van der Waals surface area contributed by atoms with E-state index < -0.39 is 35.3 Å². The van der Waals surface area contributed by atoms with Crippen molar-refractivity contribution in [1.82, 2.24) is 9.88 Å². The quantitative estimate of drug-likeness (QED) is 0.452. The first-order valence-electron chi connectivity index (χ1n) is 9.89. The summed E-state index contributed by atoms with van der Waals surface area (Å²) in [4.78, 5) is 36.4. The molecule has 0 radical (unpaired) electrons. The van der Waals surface area contributed by atoms with Crippen molar-refractivity contribution < 1.29 is 19.8 Å². The second kappa shape index (κ2) is 8.39. The van der Waals surface area contributed by atoms with Crippen LogP contribution in [0, 0.1) is 0 Å². The standard InChI is InChI=1S/C25H20N2O5/c1-27-18-13-12-17(15-8-4-2-5-9-15)20(16-10-6-3-7-11-16)21(18)23(30)22(25(27)32)24(31)26-14-19(28)29/h2-13,30H,14H2,1H3,(H,26,31)(H,28,29). The topological polar surface area (TPSA) is 109 Å². The van der Waals surface area contributed by atoms with Crippen LogP contribution in [0.1, 0.15) is 10.4 Å². The largest absolute Gasteiger partial charge is 0.506 e. The number of nitrogens with zero attached hydrogens (tertiary/aromatic N) is 1. The molecule has 3 aromatic carbocycles. The molecular formula is C25H20N2O5. The Morgan fingerprint density at radius 3 is 2.09 bits per heavy atom. The van der Waals surface area contributed by atoms with Crippen LogP contribution in [-0.2, 0) is 11.8 Å². The average molecular weight is 428 g/mol. The van der Waals surface area contributed by atoms with Gasteiger partial charge in [0, 0.05) is 18.0 Å². The molecule has 4 rings (SSSR count). The van der Waals surface area contributed by atoms with Gasteiger partial charge in [0.15, 0.2) is 0 Å². The first kappa shape index (κ1) is 20.9. The molecule has 7 heteroatoms. The minimum absolute atomic E-state index is 0.333. The highest BCUT2D eigenvalue weighted by molar-refractivity contribution is 6.10. The highest BCUT2D eigenvalue weighted by Gasteiger charge is 2.25. The number of aliphatic carboxylic acids is 1. The number of hydrogen-bond donors (Lipinski definition) is 3. The van der Waals surface area contributed by atoms with E-state index >= 15 is 0 Å². The third kappa shape index (κ3) is 3.60. The van der Waals surface area contributed by atoms with E-state index in [0.717, 1.165) is 16.7 Å². The van der Waals surface area contributed by atoms with Gasteiger partial charge in [-0.05, 0) is 22.8 Å². The first-order chi connectivity index (χ1) is 15.4. The lowest BCUT2D eigenvalue weighted by atomic mass is 9.90. The molecule has 0 saturated carbocycles. The molecule has 1 aromatic heterocycles. The molecule has 0 aliphatic heterocycles. The second-order valence-electron chi connectivity index (χ2n) is 7.28. The van der Waals surface area contributed by atoms with Crippen molar-refractivity contribution in [1.29, 1.82) is 0 Å². The molecule has 1 heterocycles. The van der Waals surface area contributed by atoms with Crippen molar-refractivity contribution >= 4 is 22.8 Å². The van der Waals surface area contributed by atoms with Crippen molar-refractivity contribution in [3.8, 4) is 28.0 Å². The van der Waals surface area contributed by atoms with Gasteiger partial charge in [-0.25, -0.2) is 0 Å². The van der Waals surface area contributed by atoms with Crippen molar-refractivity contribution in [2.45, 2.75) is 0 Å². The molecule has 32 heavy (non-hydrogen) atoms. The molecule has 0 aliphatic rings. The molecule has 0 bridgehead atoms. The summed E-state index contributed by atoms with van der Waals surface area (Å²) in [5, 5.41) is 22.6. The number of aromatic nitrogens is 1. The molecule has 0 saturated heterocycles. The number of carboxylic acids is 1. The van der Waals surface area contributed by atoms with E-state index in [1.54, 1.807) is 6.07 Å². The van der Waals surface area contributed by atoms with Gasteiger partial charge in [0.1, 0.15) is 17.9 Å². The number of nitrogens with one attached hydrogen (secondary N) is 1. The number of benzene rings is 3. The Bertz CT molecular complexity index is 1390. The summed E-state index contributed by atoms with van der Waals surface area (Å²) < 4.78 is 1.28. The average Bonchev–Trinajstić information content (AvgIpc) is 2.81. The Hall–Kier alpha value is -4.39. The number of pyridine rings is 1. The summed E-state index contributed by atoms with van der Waals surface area (Å²) in [5.41, 5.74) is 2.40. The number of carbonyl (C=O) groups excluding carboxylic acids is 1. The zero-order chi connectivity index (χ0) is 22.8. The van der Waals surface area contributed by atoms with Crippen LogP contribution in [-0.4, -0.2) is 33.2 Å². The van der Waals surface area contributed by atoms with Crippen LogP contribution in [0.4, 0.5) is 0 Å². The molecule has 0 aliphatic carbocycles. The van der Waals surface area contributed by atoms with Gasteiger partial charge < -0.3 is 20.1 Å². The first-order valence-corrected chi connectivity index (χ1v) is 9.89. The van der Waals surface area contributed by atoms with Gasteiger partial charge in [-0.15, -0.1) is 0 Å². The van der Waals surface area contributed by atoms with Crippen molar-refractivity contribution in [3.05, 3.63) is 88.7 Å². The van der Waals surface area contributed by atoms with Crippen LogP contribution in [0.25, 0.3) is 33.2 Å². The van der Waals surface area contributed by atoms with E-state index in [9.17, 15) is 19.5 Å². The number of rotatable bonds is 5. The summed E-state index contributed by atoms with van der Waals surface area (Å²) in [7, 11) is 1.51. The molecular weight excluding hydrogens is 408 g/mol. The van der Waals surface area contributed by atoms with Crippen LogP contribution in [0.3, 0.4) is 0 Å². The summed E-state index contributed by atoms with van der Waals surface area (Å²) in [6.45, 7) is -0.672. The maximum absolute atomic E-state index is 12.9. The van der Waals surface area contributed by atoms with Gasteiger partial charge >= 0.3 is 5.97 Å². The Balaban J connectivity index is 2.11. The van der Waals surface area contributed by atoms with Gasteiger partial charge in [0.25, 0.3) is 11.5 Å². The predicted octanol–water partition coefficient (Wildman–Crippen LogP) is 3.39. The maximum Gasteiger partial charge on any atom is 0.322 e. The molecule has 0 atom stereocenters. The van der Waals surface area contributed by atoms with Crippen molar-refractivity contribution in [2.75, 3.05) is 6.54 Å². The fourth-order valence-corrected chi connectivity index (χ4v) is 3.83. The highest BCUT2D eigenvalue weighted by Crippen LogP contribution is 2.42. The fraction of sp³-hybridized carbons (Fsp3) is 0.0800. The van der Waals surface area contributed by atoms with Crippen LogP contribution in [0.5, 0.6) is 5.75 Å². The number of carboxylic acid groups (broad SMARTS) is 1. The monoisotopic (exact) mass is 428 g/mol. The number of aryl methyl sites for hydroxylation is 1. The van der Waals surface area contributed by atoms with E-state index in [-0.39, 0.29) is 0 Å². The summed E-state index contributed by atoms with van der Waals surface area (Å²) in [6.07, 6.45) is 0. The Kier molecular flexibility index (Phi) is 5.47. The highest BCUT2D eigenvalue weighted by atomic mass is 16.4. The third-order valence-corrected chi connectivity index (χ3v) is 5.31. The SMILES string of the molecule is Cn1c(=O)c(C(=O)NCC(=O)O)c(O)c2c(-c3ccccc3)c(-c3ccccc3)ccc21. The van der Waals surface area contributed by atoms with Gasteiger partial charge in [0.2, 0.25) is 0 Å². The van der Waals surface area contributed by atoms with Crippen LogP contribution >= 0.6 is 0 Å². The van der Waals surface area contributed by atoms with Crippen molar-refractivity contribution in [3.63, 3.8) is 0 Å². The number of amides is 1. The molecule has 160 valence electrons. The number of hydrogen-bond acceptors (Lipinski definition) is 4. The van der Waals surface area contributed by atoms with Gasteiger partial charge in [-0.2, -0.15) is 0 Å². The summed E-state index contributed by atoms with van der Waals surface area (Å²) in [6, 6.07) is 22.6. The number of aromatic hydroxyl groups is 1. The van der Waals surface area contributed by atoms with E-state index in [0.29, 0.717) is 16.5 Å². The molecule has 1 amide bonds.